The quantitative estimate of drug-likeness (QED) is 0.653. The third-order valence-corrected chi connectivity index (χ3v) is 2.55. The molecule has 2 heterocycles. The highest BCUT2D eigenvalue weighted by atomic mass is 16.7. The zero-order valence-electron chi connectivity index (χ0n) is 11.3. The van der Waals surface area contributed by atoms with Gasteiger partial charge in [0.15, 0.2) is 0 Å². The molecule has 0 atom stereocenters. The minimum absolute atomic E-state index is 0.261. The molecule has 1 aromatic heterocycles. The second-order valence-electron chi connectivity index (χ2n) is 4.02. The molecule has 0 saturated carbocycles. The summed E-state index contributed by atoms with van der Waals surface area (Å²) in [4.78, 5) is 17.1. The Morgan fingerprint density at radius 1 is 0.800 bits per heavy atom. The van der Waals surface area contributed by atoms with Gasteiger partial charge in [0, 0.05) is 12.1 Å². The van der Waals surface area contributed by atoms with E-state index < -0.39 is 0 Å². The molecular weight excluding hydrogens is 266 g/mol. The van der Waals surface area contributed by atoms with Crippen molar-refractivity contribution in [3.8, 4) is 5.88 Å². The Morgan fingerprint density at radius 2 is 1.40 bits per heavy atom. The maximum atomic E-state index is 11.7. The number of pyridine rings is 1. The van der Waals surface area contributed by atoms with Crippen molar-refractivity contribution in [3.63, 3.8) is 0 Å². The largest absolute Gasteiger partial charge is 0.474 e. The van der Waals surface area contributed by atoms with Gasteiger partial charge in [-0.05, 0) is 0 Å². The highest BCUT2D eigenvalue weighted by Gasteiger charge is 2.06. The molecule has 0 unspecified atom stereocenters. The number of ether oxygens (including phenoxy) is 4. The van der Waals surface area contributed by atoms with Crippen LogP contribution in [-0.4, -0.2) is 57.6 Å². The Labute approximate surface area is 116 Å². The molecule has 2 rings (SSSR count). The van der Waals surface area contributed by atoms with Crippen molar-refractivity contribution < 1.29 is 23.8 Å². The molecule has 0 bridgehead atoms. The van der Waals surface area contributed by atoms with Gasteiger partial charge >= 0.3 is 0 Å². The van der Waals surface area contributed by atoms with Gasteiger partial charge in [-0.3, -0.25) is 4.79 Å². The van der Waals surface area contributed by atoms with E-state index >= 15 is 0 Å². The van der Waals surface area contributed by atoms with Crippen molar-refractivity contribution in [1.82, 2.24) is 4.73 Å². The second-order valence-corrected chi connectivity index (χ2v) is 4.02. The first kappa shape index (κ1) is 14.8. The normalized spacial score (nSPS) is 18.8. The minimum Gasteiger partial charge on any atom is -0.474 e. The summed E-state index contributed by atoms with van der Waals surface area (Å²) in [6.07, 6.45) is 0. The fourth-order valence-electron chi connectivity index (χ4n) is 1.63. The Bertz CT molecular complexity index is 447. The third kappa shape index (κ3) is 4.84. The number of hydrogen-bond acceptors (Lipinski definition) is 6. The van der Waals surface area contributed by atoms with Gasteiger partial charge in [-0.2, -0.15) is 0 Å². The number of fused-ring (bicyclic) bond motifs is 1. The molecule has 112 valence electrons. The summed E-state index contributed by atoms with van der Waals surface area (Å²) in [5.41, 5.74) is -0.281. The summed E-state index contributed by atoms with van der Waals surface area (Å²) in [6, 6.07) is 4.70. The molecule has 0 spiro atoms. The van der Waals surface area contributed by atoms with Crippen molar-refractivity contribution in [2.75, 3.05) is 52.9 Å². The van der Waals surface area contributed by atoms with Crippen LogP contribution in [0.4, 0.5) is 0 Å². The van der Waals surface area contributed by atoms with Crippen LogP contribution < -0.4 is 15.1 Å². The summed E-state index contributed by atoms with van der Waals surface area (Å²) in [5, 5.41) is 0. The Kier molecular flexibility index (Phi) is 6.36. The lowest BCUT2D eigenvalue weighted by molar-refractivity contribution is -0.00287. The van der Waals surface area contributed by atoms with Crippen molar-refractivity contribution >= 4 is 0 Å². The van der Waals surface area contributed by atoms with Crippen LogP contribution in [0.2, 0.25) is 0 Å². The SMILES string of the molecule is O=c1cccc2n1OCCOCCOCCOCCO2. The average molecular weight is 285 g/mol. The number of rotatable bonds is 0. The van der Waals surface area contributed by atoms with Crippen LogP contribution in [0.5, 0.6) is 5.88 Å². The van der Waals surface area contributed by atoms with E-state index in [2.05, 4.69) is 0 Å². The Balaban J connectivity index is 1.97. The summed E-state index contributed by atoms with van der Waals surface area (Å²) in [5.74, 6) is 0.354. The van der Waals surface area contributed by atoms with Gasteiger partial charge in [-0.15, -0.1) is 4.73 Å². The maximum absolute atomic E-state index is 11.7. The highest BCUT2D eigenvalue weighted by molar-refractivity contribution is 5.11. The molecule has 0 aromatic carbocycles. The highest BCUT2D eigenvalue weighted by Crippen LogP contribution is 2.05. The van der Waals surface area contributed by atoms with Crippen LogP contribution >= 0.6 is 0 Å². The van der Waals surface area contributed by atoms with Crippen LogP contribution in [0.1, 0.15) is 0 Å². The van der Waals surface area contributed by atoms with Crippen LogP contribution in [0, 0.1) is 0 Å². The average Bonchev–Trinajstić information content (AvgIpc) is 2.46. The van der Waals surface area contributed by atoms with E-state index in [1.165, 1.54) is 6.07 Å². The predicted molar refractivity (Wildman–Crippen MR) is 70.1 cm³/mol. The smallest absolute Gasteiger partial charge is 0.286 e. The molecular formula is C13H19NO6. The zero-order chi connectivity index (χ0) is 14.0. The number of aromatic nitrogens is 1. The molecule has 0 aliphatic carbocycles. The van der Waals surface area contributed by atoms with E-state index in [1.54, 1.807) is 12.1 Å². The summed E-state index contributed by atoms with van der Waals surface area (Å²) < 4.78 is 22.6. The van der Waals surface area contributed by atoms with Gasteiger partial charge in [-0.25, -0.2) is 0 Å². The van der Waals surface area contributed by atoms with Gasteiger partial charge in [0.2, 0.25) is 5.88 Å². The van der Waals surface area contributed by atoms with Crippen molar-refractivity contribution in [3.05, 3.63) is 28.6 Å². The lowest BCUT2D eigenvalue weighted by Gasteiger charge is -2.13. The molecule has 0 fully saturated rings. The third-order valence-electron chi connectivity index (χ3n) is 2.55. The van der Waals surface area contributed by atoms with E-state index in [0.717, 1.165) is 4.73 Å². The summed E-state index contributed by atoms with van der Waals surface area (Å²) in [6.45, 7) is 3.41. The van der Waals surface area contributed by atoms with Crippen molar-refractivity contribution in [2.24, 2.45) is 0 Å². The first-order valence-electron chi connectivity index (χ1n) is 6.59. The summed E-state index contributed by atoms with van der Waals surface area (Å²) >= 11 is 0. The zero-order valence-corrected chi connectivity index (χ0v) is 11.3. The lowest BCUT2D eigenvalue weighted by atomic mass is 10.5. The number of nitrogens with zero attached hydrogens (tertiary/aromatic N) is 1. The molecule has 7 nitrogen and oxygen atoms in total. The molecule has 7 heteroatoms. The van der Waals surface area contributed by atoms with E-state index in [4.69, 9.17) is 23.8 Å². The first-order valence-corrected chi connectivity index (χ1v) is 6.59. The topological polar surface area (TPSA) is 68.2 Å². The van der Waals surface area contributed by atoms with Gasteiger partial charge in [0.05, 0.1) is 39.6 Å². The molecule has 20 heavy (non-hydrogen) atoms. The molecule has 0 radical (unpaired) electrons. The molecule has 0 saturated heterocycles. The van der Waals surface area contributed by atoms with E-state index in [0.29, 0.717) is 52.1 Å². The lowest BCUT2D eigenvalue weighted by Crippen LogP contribution is -2.30. The monoisotopic (exact) mass is 285 g/mol. The van der Waals surface area contributed by atoms with Crippen LogP contribution in [0.25, 0.3) is 0 Å². The predicted octanol–water partition coefficient (Wildman–Crippen LogP) is -0.281. The minimum atomic E-state index is -0.281. The van der Waals surface area contributed by atoms with Gasteiger partial charge < -0.3 is 23.8 Å². The maximum Gasteiger partial charge on any atom is 0.286 e. The number of hydrogen-bond donors (Lipinski definition) is 0. The molecule has 1 aromatic rings. The van der Waals surface area contributed by atoms with E-state index in [9.17, 15) is 4.79 Å². The molecule has 1 aliphatic rings. The standard InChI is InChI=1S/C13H19NO6/c15-12-2-1-3-13-14(12)20-11-9-18-7-5-16-4-6-17-8-10-19-13/h1-3H,4-11H2. The Hall–Kier alpha value is -1.57. The van der Waals surface area contributed by atoms with Crippen molar-refractivity contribution in [2.45, 2.75) is 0 Å². The summed E-state index contributed by atoms with van der Waals surface area (Å²) in [7, 11) is 0. The first-order chi connectivity index (χ1) is 9.88. The van der Waals surface area contributed by atoms with Crippen LogP contribution in [0.15, 0.2) is 23.0 Å². The second kappa shape index (κ2) is 8.57. The van der Waals surface area contributed by atoms with E-state index in [-0.39, 0.29) is 12.2 Å². The van der Waals surface area contributed by atoms with E-state index in [1.807, 2.05) is 0 Å². The van der Waals surface area contributed by atoms with Crippen LogP contribution in [0.3, 0.4) is 0 Å². The van der Waals surface area contributed by atoms with Gasteiger partial charge in [-0.1, -0.05) is 6.07 Å². The molecule has 0 N–H and O–H groups in total. The van der Waals surface area contributed by atoms with Gasteiger partial charge in [0.25, 0.3) is 5.56 Å². The van der Waals surface area contributed by atoms with Gasteiger partial charge in [0.1, 0.15) is 13.2 Å². The fourth-order valence-corrected chi connectivity index (χ4v) is 1.63. The fraction of sp³-hybridized carbons (Fsp3) is 0.615. The molecule has 0 amide bonds. The van der Waals surface area contributed by atoms with Crippen LogP contribution in [-0.2, 0) is 14.2 Å². The molecule has 1 aliphatic heterocycles. The van der Waals surface area contributed by atoms with Crippen molar-refractivity contribution in [1.29, 1.82) is 0 Å². The Morgan fingerprint density at radius 3 is 2.10 bits per heavy atom.